The number of nitro benzene ring substituents is 1. The van der Waals surface area contributed by atoms with Gasteiger partial charge in [-0.15, -0.1) is 0 Å². The molecule has 4 aromatic rings. The lowest BCUT2D eigenvalue weighted by atomic mass is 10.1. The number of amides is 2. The zero-order valence-corrected chi connectivity index (χ0v) is 16.9. The van der Waals surface area contributed by atoms with Gasteiger partial charge >= 0.3 is 0 Å². The lowest BCUT2D eigenvalue weighted by Crippen LogP contribution is -2.27. The van der Waals surface area contributed by atoms with Gasteiger partial charge < -0.3 is 16.4 Å². The second-order valence-electron chi connectivity index (χ2n) is 7.11. The van der Waals surface area contributed by atoms with E-state index in [1.807, 2.05) is 48.5 Å². The maximum absolute atomic E-state index is 12.3. The van der Waals surface area contributed by atoms with Crippen LogP contribution in [-0.4, -0.2) is 28.3 Å². The van der Waals surface area contributed by atoms with E-state index in [0.717, 1.165) is 21.8 Å². The van der Waals surface area contributed by atoms with Gasteiger partial charge in [-0.1, -0.05) is 36.4 Å². The predicted octanol–water partition coefficient (Wildman–Crippen LogP) is 3.65. The number of nitrogens with zero attached hydrogens (tertiary/aromatic N) is 2. The van der Waals surface area contributed by atoms with Crippen LogP contribution in [0, 0.1) is 10.1 Å². The van der Waals surface area contributed by atoms with Gasteiger partial charge in [0.15, 0.2) is 0 Å². The number of carbonyl (C=O) groups excluding carboxylic acids is 2. The van der Waals surface area contributed by atoms with Crippen LogP contribution >= 0.6 is 0 Å². The molecule has 0 unspecified atom stereocenters. The molecule has 0 aliphatic heterocycles. The van der Waals surface area contributed by atoms with Gasteiger partial charge in [-0.25, -0.2) is 4.98 Å². The minimum absolute atomic E-state index is 0.0182. The average molecular weight is 429 g/mol. The van der Waals surface area contributed by atoms with Crippen LogP contribution in [0.2, 0.25) is 0 Å². The first-order chi connectivity index (χ1) is 15.4. The summed E-state index contributed by atoms with van der Waals surface area (Å²) >= 11 is 0. The summed E-state index contributed by atoms with van der Waals surface area (Å²) < 4.78 is 0. The number of nitrogens with two attached hydrogens (primary N) is 1. The van der Waals surface area contributed by atoms with Gasteiger partial charge in [0.25, 0.3) is 11.6 Å². The average Bonchev–Trinajstić information content (AvgIpc) is 2.78. The Labute approximate surface area is 182 Å². The number of primary amides is 1. The molecule has 0 fully saturated rings. The Hall–Kier alpha value is -4.53. The number of fused-ring (bicyclic) bond motifs is 2. The summed E-state index contributed by atoms with van der Waals surface area (Å²) in [6.45, 7) is 0.0525. The molecule has 9 heteroatoms. The molecule has 1 heterocycles. The van der Waals surface area contributed by atoms with Crippen molar-refractivity contribution in [1.29, 1.82) is 0 Å². The van der Waals surface area contributed by atoms with E-state index in [1.54, 1.807) is 0 Å². The lowest BCUT2D eigenvalue weighted by Gasteiger charge is -2.14. The normalized spacial score (nSPS) is 10.8. The third kappa shape index (κ3) is 4.17. The Morgan fingerprint density at radius 1 is 0.969 bits per heavy atom. The monoisotopic (exact) mass is 429 g/mol. The summed E-state index contributed by atoms with van der Waals surface area (Å²) in [5.41, 5.74) is 7.35. The maximum Gasteiger partial charge on any atom is 0.293 e. The second kappa shape index (κ2) is 8.68. The number of nitrogens with one attached hydrogen (secondary N) is 2. The Morgan fingerprint density at radius 2 is 1.59 bits per heavy atom. The van der Waals surface area contributed by atoms with Crippen molar-refractivity contribution in [2.75, 3.05) is 11.9 Å². The molecule has 0 aliphatic rings. The molecular weight excluding hydrogens is 410 g/mol. The summed E-state index contributed by atoms with van der Waals surface area (Å²) in [5, 5.41) is 19.1. The topological polar surface area (TPSA) is 140 Å². The van der Waals surface area contributed by atoms with Crippen LogP contribution in [0.1, 0.15) is 16.8 Å². The van der Waals surface area contributed by atoms with E-state index in [0.29, 0.717) is 5.69 Å². The third-order valence-electron chi connectivity index (χ3n) is 4.96. The highest BCUT2D eigenvalue weighted by Crippen LogP contribution is 2.36. The molecule has 2 amide bonds. The van der Waals surface area contributed by atoms with Crippen molar-refractivity contribution in [1.82, 2.24) is 10.3 Å². The van der Waals surface area contributed by atoms with Gasteiger partial charge in [0, 0.05) is 35.4 Å². The second-order valence-corrected chi connectivity index (χ2v) is 7.11. The first-order valence-corrected chi connectivity index (χ1v) is 9.83. The first-order valence-electron chi connectivity index (χ1n) is 9.83. The molecule has 4 rings (SSSR count). The van der Waals surface area contributed by atoms with Gasteiger partial charge in [0.05, 0.1) is 21.6 Å². The number of aromatic nitrogens is 1. The van der Waals surface area contributed by atoms with E-state index in [9.17, 15) is 19.7 Å². The fourth-order valence-electron chi connectivity index (χ4n) is 3.44. The Balaban J connectivity index is 1.74. The van der Waals surface area contributed by atoms with Gasteiger partial charge in [-0.3, -0.25) is 19.7 Å². The SMILES string of the molecule is NC(=O)CCNC(=O)c1ccc(Nc2c3ccccc3nc3ccccc23)c([N+](=O)[O-])c1. The Kier molecular flexibility index (Phi) is 5.63. The van der Waals surface area contributed by atoms with Crippen LogP contribution < -0.4 is 16.4 Å². The summed E-state index contributed by atoms with van der Waals surface area (Å²) in [4.78, 5) is 39.0. The van der Waals surface area contributed by atoms with E-state index in [4.69, 9.17) is 5.73 Å². The maximum atomic E-state index is 12.3. The van der Waals surface area contributed by atoms with Crippen LogP contribution in [0.25, 0.3) is 21.8 Å². The minimum Gasteiger partial charge on any atom is -0.370 e. The number of benzene rings is 3. The van der Waals surface area contributed by atoms with Crippen LogP contribution in [-0.2, 0) is 4.79 Å². The Morgan fingerprint density at radius 3 is 2.19 bits per heavy atom. The molecule has 9 nitrogen and oxygen atoms in total. The molecule has 0 radical (unpaired) electrons. The summed E-state index contributed by atoms with van der Waals surface area (Å²) in [6.07, 6.45) is -0.0182. The highest BCUT2D eigenvalue weighted by Gasteiger charge is 2.19. The first kappa shape index (κ1) is 20.7. The minimum atomic E-state index is -0.548. The standard InChI is InChI=1S/C23H19N5O4/c24-21(29)11-12-25-23(30)14-9-10-19(20(13-14)28(31)32)27-22-15-5-1-3-7-17(15)26-18-8-4-2-6-16(18)22/h1-10,13H,11-12H2,(H2,24,29)(H,25,30)(H,26,27). The number of pyridine rings is 1. The molecule has 32 heavy (non-hydrogen) atoms. The van der Waals surface area contributed by atoms with Crippen molar-refractivity contribution in [3.05, 3.63) is 82.4 Å². The highest BCUT2D eigenvalue weighted by atomic mass is 16.6. The van der Waals surface area contributed by atoms with Gasteiger partial charge in [0.1, 0.15) is 5.69 Å². The molecule has 0 aliphatic carbocycles. The van der Waals surface area contributed by atoms with Crippen LogP contribution in [0.3, 0.4) is 0 Å². The Bertz CT molecular complexity index is 1320. The molecule has 3 aromatic carbocycles. The van der Waals surface area contributed by atoms with E-state index in [-0.39, 0.29) is 29.9 Å². The molecular formula is C23H19N5O4. The van der Waals surface area contributed by atoms with Crippen LogP contribution in [0.15, 0.2) is 66.7 Å². The van der Waals surface area contributed by atoms with Crippen molar-refractivity contribution < 1.29 is 14.5 Å². The van der Waals surface area contributed by atoms with Crippen molar-refractivity contribution in [3.63, 3.8) is 0 Å². The summed E-state index contributed by atoms with van der Waals surface area (Å²) in [5.74, 6) is -1.08. The van der Waals surface area contributed by atoms with Crippen molar-refractivity contribution in [2.45, 2.75) is 6.42 Å². The number of hydrogen-bond donors (Lipinski definition) is 3. The number of nitro groups is 1. The zero-order valence-electron chi connectivity index (χ0n) is 16.9. The molecule has 0 saturated heterocycles. The van der Waals surface area contributed by atoms with Gasteiger partial charge in [-0.2, -0.15) is 0 Å². The number of hydrogen-bond acceptors (Lipinski definition) is 6. The van der Waals surface area contributed by atoms with Crippen molar-refractivity contribution in [3.8, 4) is 0 Å². The molecule has 160 valence electrons. The van der Waals surface area contributed by atoms with E-state index >= 15 is 0 Å². The summed E-state index contributed by atoms with van der Waals surface area (Å²) in [7, 11) is 0. The summed E-state index contributed by atoms with van der Waals surface area (Å²) in [6, 6.07) is 19.2. The molecule has 0 bridgehead atoms. The van der Waals surface area contributed by atoms with Crippen molar-refractivity contribution >= 4 is 50.7 Å². The number of carbonyl (C=O) groups is 2. The number of rotatable bonds is 7. The molecule has 4 N–H and O–H groups in total. The van der Waals surface area contributed by atoms with E-state index < -0.39 is 16.7 Å². The lowest BCUT2D eigenvalue weighted by molar-refractivity contribution is -0.383. The largest absolute Gasteiger partial charge is 0.370 e. The molecule has 1 aromatic heterocycles. The fourth-order valence-corrected chi connectivity index (χ4v) is 3.44. The van der Waals surface area contributed by atoms with E-state index in [1.165, 1.54) is 18.2 Å². The van der Waals surface area contributed by atoms with E-state index in [2.05, 4.69) is 15.6 Å². The quantitative estimate of drug-likeness (QED) is 0.233. The fraction of sp³-hybridized carbons (Fsp3) is 0.0870. The smallest absolute Gasteiger partial charge is 0.293 e. The third-order valence-corrected chi connectivity index (χ3v) is 4.96. The van der Waals surface area contributed by atoms with Crippen LogP contribution in [0.4, 0.5) is 17.1 Å². The van der Waals surface area contributed by atoms with Gasteiger partial charge in [-0.05, 0) is 24.3 Å². The van der Waals surface area contributed by atoms with Crippen LogP contribution in [0.5, 0.6) is 0 Å². The molecule has 0 spiro atoms. The van der Waals surface area contributed by atoms with Crippen molar-refractivity contribution in [2.24, 2.45) is 5.73 Å². The molecule has 0 atom stereocenters. The highest BCUT2D eigenvalue weighted by molar-refractivity contribution is 6.09. The molecule has 0 saturated carbocycles. The number of para-hydroxylation sites is 2. The van der Waals surface area contributed by atoms with Gasteiger partial charge in [0.2, 0.25) is 5.91 Å². The number of anilines is 2. The predicted molar refractivity (Wildman–Crippen MR) is 122 cm³/mol. The zero-order chi connectivity index (χ0) is 22.7.